The highest BCUT2D eigenvalue weighted by Crippen LogP contribution is 2.24. The Hall–Kier alpha value is -1.75. The number of nitrogens with one attached hydrogen (secondary N) is 1. The molecule has 0 radical (unpaired) electrons. The molecule has 2 N–H and O–H groups in total. The van der Waals surface area contributed by atoms with Crippen molar-refractivity contribution in [1.82, 2.24) is 5.32 Å². The summed E-state index contributed by atoms with van der Waals surface area (Å²) in [5.74, 6) is 0.469. The van der Waals surface area contributed by atoms with Crippen LogP contribution in [0.2, 0.25) is 0 Å². The Morgan fingerprint density at radius 1 is 1.52 bits per heavy atom. The van der Waals surface area contributed by atoms with E-state index in [1.807, 2.05) is 25.1 Å². The van der Waals surface area contributed by atoms with Gasteiger partial charge in [0.25, 0.3) is 0 Å². The van der Waals surface area contributed by atoms with Gasteiger partial charge in [-0.3, -0.25) is 4.79 Å². The zero-order valence-electron chi connectivity index (χ0n) is 14.3. The van der Waals surface area contributed by atoms with Crippen LogP contribution in [0.3, 0.4) is 0 Å². The van der Waals surface area contributed by atoms with Gasteiger partial charge in [-0.1, -0.05) is 13.0 Å². The molecule has 1 fully saturated rings. The fourth-order valence-electron chi connectivity index (χ4n) is 3.19. The lowest BCUT2D eigenvalue weighted by Gasteiger charge is -2.35. The molecule has 1 aliphatic rings. The third-order valence-corrected chi connectivity index (χ3v) is 4.55. The van der Waals surface area contributed by atoms with E-state index in [9.17, 15) is 9.90 Å². The highest BCUT2D eigenvalue weighted by Gasteiger charge is 2.27. The summed E-state index contributed by atoms with van der Waals surface area (Å²) in [5, 5.41) is 12.8. The molecule has 3 atom stereocenters. The van der Waals surface area contributed by atoms with Gasteiger partial charge < -0.3 is 20.1 Å². The van der Waals surface area contributed by atoms with Crippen molar-refractivity contribution in [3.8, 4) is 5.75 Å². The number of rotatable bonds is 6. The van der Waals surface area contributed by atoms with E-state index < -0.39 is 6.10 Å². The van der Waals surface area contributed by atoms with E-state index in [0.717, 1.165) is 37.4 Å². The number of benzene rings is 1. The molecule has 1 aliphatic heterocycles. The molecule has 23 heavy (non-hydrogen) atoms. The molecular weight excluding hydrogens is 292 g/mol. The minimum Gasteiger partial charge on any atom is -0.497 e. The average molecular weight is 320 g/mol. The molecule has 128 valence electrons. The number of hydrogen-bond donors (Lipinski definition) is 2. The van der Waals surface area contributed by atoms with Crippen LogP contribution >= 0.6 is 0 Å². The van der Waals surface area contributed by atoms with Crippen molar-refractivity contribution >= 4 is 11.6 Å². The quantitative estimate of drug-likeness (QED) is 0.843. The van der Waals surface area contributed by atoms with Crippen LogP contribution < -0.4 is 15.0 Å². The van der Waals surface area contributed by atoms with Gasteiger partial charge in [0.1, 0.15) is 5.75 Å². The van der Waals surface area contributed by atoms with Crippen molar-refractivity contribution < 1.29 is 14.6 Å². The topological polar surface area (TPSA) is 61.8 Å². The van der Waals surface area contributed by atoms with E-state index in [0.29, 0.717) is 6.42 Å². The van der Waals surface area contributed by atoms with Gasteiger partial charge in [-0.15, -0.1) is 0 Å². The van der Waals surface area contributed by atoms with Crippen molar-refractivity contribution in [3.05, 3.63) is 24.3 Å². The van der Waals surface area contributed by atoms with E-state index in [4.69, 9.17) is 4.74 Å². The second-order valence-electron chi connectivity index (χ2n) is 6.25. The van der Waals surface area contributed by atoms with Crippen LogP contribution in [-0.2, 0) is 4.79 Å². The molecule has 1 aromatic carbocycles. The van der Waals surface area contributed by atoms with Crippen LogP contribution in [-0.4, -0.2) is 43.4 Å². The number of ether oxygens (including phenoxy) is 1. The number of methoxy groups -OCH3 is 1. The Labute approximate surface area is 138 Å². The summed E-state index contributed by atoms with van der Waals surface area (Å²) in [7, 11) is 1.67. The molecule has 0 unspecified atom stereocenters. The second-order valence-corrected chi connectivity index (χ2v) is 6.25. The molecule has 0 aromatic heterocycles. The molecule has 1 aromatic rings. The molecule has 5 nitrogen and oxygen atoms in total. The maximum Gasteiger partial charge on any atom is 0.225 e. The summed E-state index contributed by atoms with van der Waals surface area (Å²) in [6.07, 6.45) is 2.05. The van der Waals surface area contributed by atoms with E-state index in [1.165, 1.54) is 0 Å². The van der Waals surface area contributed by atoms with Crippen LogP contribution in [0.25, 0.3) is 0 Å². The normalized spacial score (nSPS) is 20.7. The Balaban J connectivity index is 1.99. The molecule has 1 amide bonds. The second kappa shape index (κ2) is 8.20. The Bertz CT molecular complexity index is 519. The molecule has 0 saturated carbocycles. The summed E-state index contributed by atoms with van der Waals surface area (Å²) in [4.78, 5) is 14.6. The van der Waals surface area contributed by atoms with E-state index in [1.54, 1.807) is 14.0 Å². The standard InChI is InChI=1S/C18H28N2O3/c1-4-17(13(2)21)18(22)19-14-7-6-10-20(12-14)15-8-5-9-16(11-15)23-3/h5,8-9,11,13-14,17,21H,4,6-7,10,12H2,1-3H3,(H,19,22)/t13-,14-,17-/m0/s1. The lowest BCUT2D eigenvalue weighted by atomic mass is 9.98. The van der Waals surface area contributed by atoms with Gasteiger partial charge in [0.05, 0.1) is 19.1 Å². The molecule has 1 heterocycles. The number of carbonyl (C=O) groups excluding carboxylic acids is 1. The zero-order valence-corrected chi connectivity index (χ0v) is 14.3. The van der Waals surface area contributed by atoms with Crippen molar-refractivity contribution in [2.75, 3.05) is 25.1 Å². The predicted molar refractivity (Wildman–Crippen MR) is 91.8 cm³/mol. The smallest absolute Gasteiger partial charge is 0.225 e. The SMILES string of the molecule is CC[C@H](C(=O)N[C@H]1CCCN(c2cccc(OC)c2)C1)[C@H](C)O. The maximum absolute atomic E-state index is 12.3. The number of amides is 1. The van der Waals surface area contributed by atoms with Crippen LogP contribution in [0.4, 0.5) is 5.69 Å². The Morgan fingerprint density at radius 3 is 2.96 bits per heavy atom. The summed E-state index contributed by atoms with van der Waals surface area (Å²) >= 11 is 0. The van der Waals surface area contributed by atoms with Crippen molar-refractivity contribution in [3.63, 3.8) is 0 Å². The predicted octanol–water partition coefficient (Wildman–Crippen LogP) is 2.19. The van der Waals surface area contributed by atoms with E-state index in [2.05, 4.69) is 16.3 Å². The van der Waals surface area contributed by atoms with Gasteiger partial charge >= 0.3 is 0 Å². The van der Waals surface area contributed by atoms with Crippen LogP contribution in [0, 0.1) is 5.92 Å². The van der Waals surface area contributed by atoms with E-state index >= 15 is 0 Å². The first-order chi connectivity index (χ1) is 11.0. The molecule has 0 aliphatic carbocycles. The number of hydrogen-bond acceptors (Lipinski definition) is 4. The molecule has 0 spiro atoms. The first-order valence-corrected chi connectivity index (χ1v) is 8.42. The average Bonchev–Trinajstić information content (AvgIpc) is 2.55. The molecule has 2 rings (SSSR count). The number of piperidine rings is 1. The Morgan fingerprint density at radius 2 is 2.30 bits per heavy atom. The van der Waals surface area contributed by atoms with E-state index in [-0.39, 0.29) is 17.9 Å². The highest BCUT2D eigenvalue weighted by molar-refractivity contribution is 5.79. The van der Waals surface area contributed by atoms with Gasteiger partial charge in [-0.25, -0.2) is 0 Å². The van der Waals surface area contributed by atoms with Gasteiger partial charge in [-0.05, 0) is 38.3 Å². The molecular formula is C18H28N2O3. The third-order valence-electron chi connectivity index (χ3n) is 4.55. The highest BCUT2D eigenvalue weighted by atomic mass is 16.5. The summed E-state index contributed by atoms with van der Waals surface area (Å²) < 4.78 is 5.29. The summed E-state index contributed by atoms with van der Waals surface area (Å²) in [6, 6.07) is 8.12. The van der Waals surface area contributed by atoms with Gasteiger partial charge in [0, 0.05) is 30.9 Å². The van der Waals surface area contributed by atoms with Crippen LogP contribution in [0.15, 0.2) is 24.3 Å². The van der Waals surface area contributed by atoms with Gasteiger partial charge in [0.15, 0.2) is 0 Å². The van der Waals surface area contributed by atoms with Crippen molar-refractivity contribution in [1.29, 1.82) is 0 Å². The van der Waals surface area contributed by atoms with Crippen LogP contribution in [0.5, 0.6) is 5.75 Å². The van der Waals surface area contributed by atoms with Gasteiger partial charge in [-0.2, -0.15) is 0 Å². The van der Waals surface area contributed by atoms with Gasteiger partial charge in [0.2, 0.25) is 5.91 Å². The number of anilines is 1. The molecule has 0 bridgehead atoms. The summed E-state index contributed by atoms with van der Waals surface area (Å²) in [5.41, 5.74) is 1.12. The fraction of sp³-hybridized carbons (Fsp3) is 0.611. The fourth-order valence-corrected chi connectivity index (χ4v) is 3.19. The zero-order chi connectivity index (χ0) is 16.8. The minimum atomic E-state index is -0.613. The number of nitrogens with zero attached hydrogens (tertiary/aromatic N) is 1. The number of aliphatic hydroxyl groups excluding tert-OH is 1. The monoisotopic (exact) mass is 320 g/mol. The lowest BCUT2D eigenvalue weighted by Crippen LogP contribution is -2.50. The number of aliphatic hydroxyl groups is 1. The van der Waals surface area contributed by atoms with Crippen molar-refractivity contribution in [2.45, 2.75) is 45.3 Å². The van der Waals surface area contributed by atoms with Crippen molar-refractivity contribution in [2.24, 2.45) is 5.92 Å². The molecule has 1 saturated heterocycles. The lowest BCUT2D eigenvalue weighted by molar-refractivity contribution is -0.129. The first kappa shape index (κ1) is 17.6. The number of carbonyl (C=O) groups is 1. The first-order valence-electron chi connectivity index (χ1n) is 8.42. The van der Waals surface area contributed by atoms with Crippen LogP contribution in [0.1, 0.15) is 33.1 Å². The minimum absolute atomic E-state index is 0.0417. The third kappa shape index (κ3) is 4.61. The largest absolute Gasteiger partial charge is 0.497 e. The maximum atomic E-state index is 12.3. The summed E-state index contributed by atoms with van der Waals surface area (Å²) in [6.45, 7) is 5.37. The Kier molecular flexibility index (Phi) is 6.28. The molecule has 5 heteroatoms.